The third-order valence-corrected chi connectivity index (χ3v) is 4.12. The Kier molecular flexibility index (Phi) is 6.25. The van der Waals surface area contributed by atoms with Gasteiger partial charge in [0.05, 0.1) is 25.5 Å². The van der Waals surface area contributed by atoms with Crippen LogP contribution >= 0.6 is 0 Å². The van der Waals surface area contributed by atoms with Crippen LogP contribution < -0.4 is 10.2 Å². The molecular formula is C21H18N4O3. The highest BCUT2D eigenvalue weighted by molar-refractivity contribution is 5.85. The number of ether oxygens (including phenoxy) is 2. The molecule has 0 radical (unpaired) electrons. The SMILES string of the molecule is [C-]#[N+]CN(C1=C([N+]#[C-])COC1)c1ccc(NC(=O)OCc2ccccc2)cc1. The van der Waals surface area contributed by atoms with Crippen LogP contribution in [-0.4, -0.2) is 26.0 Å². The van der Waals surface area contributed by atoms with Crippen molar-refractivity contribution in [3.63, 3.8) is 0 Å². The minimum absolute atomic E-state index is 0.0869. The molecule has 0 saturated heterocycles. The largest absolute Gasteiger partial charge is 0.444 e. The minimum atomic E-state index is -0.545. The van der Waals surface area contributed by atoms with Crippen LogP contribution in [0.1, 0.15) is 5.56 Å². The van der Waals surface area contributed by atoms with Gasteiger partial charge in [-0.15, -0.1) is 0 Å². The van der Waals surface area contributed by atoms with Crippen LogP contribution in [0.2, 0.25) is 0 Å². The highest BCUT2D eigenvalue weighted by Gasteiger charge is 2.24. The maximum absolute atomic E-state index is 12.0. The summed E-state index contributed by atoms with van der Waals surface area (Å²) in [5, 5.41) is 2.67. The molecule has 0 saturated carbocycles. The van der Waals surface area contributed by atoms with Gasteiger partial charge >= 0.3 is 6.09 Å². The van der Waals surface area contributed by atoms with E-state index < -0.39 is 6.09 Å². The molecule has 0 fully saturated rings. The molecule has 3 rings (SSSR count). The quantitative estimate of drug-likeness (QED) is 0.767. The lowest BCUT2D eigenvalue weighted by molar-refractivity contribution is 0.155. The second-order valence-electron chi connectivity index (χ2n) is 5.96. The number of anilines is 2. The number of hydrogen-bond donors (Lipinski definition) is 1. The smallest absolute Gasteiger partial charge is 0.411 e. The summed E-state index contributed by atoms with van der Waals surface area (Å²) in [4.78, 5) is 20.6. The molecule has 7 nitrogen and oxygen atoms in total. The number of amides is 1. The van der Waals surface area contributed by atoms with Gasteiger partial charge in [-0.1, -0.05) is 30.3 Å². The second kappa shape index (κ2) is 9.22. The summed E-state index contributed by atoms with van der Waals surface area (Å²) in [5.74, 6) is 0. The first kappa shape index (κ1) is 19.0. The molecule has 140 valence electrons. The van der Waals surface area contributed by atoms with E-state index in [1.165, 1.54) is 0 Å². The predicted octanol–water partition coefficient (Wildman–Crippen LogP) is 4.28. The molecule has 0 aromatic heterocycles. The first-order valence-corrected chi connectivity index (χ1v) is 8.57. The fourth-order valence-corrected chi connectivity index (χ4v) is 2.74. The summed E-state index contributed by atoms with van der Waals surface area (Å²) in [6.07, 6.45) is -0.545. The molecule has 1 heterocycles. The fraction of sp³-hybridized carbons (Fsp3) is 0.190. The third kappa shape index (κ3) is 4.67. The molecule has 1 aliphatic heterocycles. The zero-order valence-electron chi connectivity index (χ0n) is 15.1. The summed E-state index contributed by atoms with van der Waals surface area (Å²) in [7, 11) is 0. The van der Waals surface area contributed by atoms with Crippen LogP contribution in [0.25, 0.3) is 9.69 Å². The van der Waals surface area contributed by atoms with Crippen LogP contribution in [0.4, 0.5) is 16.2 Å². The Bertz CT molecular complexity index is 940. The zero-order valence-corrected chi connectivity index (χ0v) is 15.1. The maximum Gasteiger partial charge on any atom is 0.411 e. The summed E-state index contributed by atoms with van der Waals surface area (Å²) in [5.41, 5.74) is 3.45. The summed E-state index contributed by atoms with van der Waals surface area (Å²) >= 11 is 0. The number of nitrogens with one attached hydrogen (secondary N) is 1. The summed E-state index contributed by atoms with van der Waals surface area (Å²) in [6, 6.07) is 16.4. The molecule has 1 N–H and O–H groups in total. The van der Waals surface area contributed by atoms with Gasteiger partial charge in [-0.05, 0) is 29.8 Å². The molecule has 1 aliphatic rings. The lowest BCUT2D eigenvalue weighted by Gasteiger charge is -2.21. The van der Waals surface area contributed by atoms with Gasteiger partial charge in [0, 0.05) is 11.4 Å². The molecule has 1 amide bonds. The lowest BCUT2D eigenvalue weighted by atomic mass is 10.2. The van der Waals surface area contributed by atoms with E-state index in [2.05, 4.69) is 15.0 Å². The van der Waals surface area contributed by atoms with Crippen molar-refractivity contribution in [1.29, 1.82) is 0 Å². The molecule has 0 bridgehead atoms. The topological polar surface area (TPSA) is 59.5 Å². The standard InChI is InChI=1S/C21H18N4O3/c1-22-15-25(20-14-27-13-19(20)23-2)18-10-8-17(9-11-18)24-21(26)28-12-16-6-4-3-5-7-16/h3-11H,12-15H2,(H,24,26). The molecule has 0 atom stereocenters. The average molecular weight is 374 g/mol. The Balaban J connectivity index is 1.64. The third-order valence-electron chi connectivity index (χ3n) is 4.12. The Hall–Kier alpha value is -3.81. The van der Waals surface area contributed by atoms with Crippen LogP contribution in [0.15, 0.2) is 66.0 Å². The molecule has 0 aliphatic carbocycles. The first-order valence-electron chi connectivity index (χ1n) is 8.57. The first-order chi connectivity index (χ1) is 13.7. The molecule has 28 heavy (non-hydrogen) atoms. The van der Waals surface area contributed by atoms with Crippen molar-refractivity contribution in [2.75, 3.05) is 30.1 Å². The van der Waals surface area contributed by atoms with Crippen LogP contribution in [-0.2, 0) is 16.1 Å². The number of carbonyl (C=O) groups is 1. The van der Waals surface area contributed by atoms with E-state index in [1.54, 1.807) is 29.2 Å². The lowest BCUT2D eigenvalue weighted by Crippen LogP contribution is -2.23. The van der Waals surface area contributed by atoms with Gasteiger partial charge in [0.1, 0.15) is 6.61 Å². The second-order valence-corrected chi connectivity index (χ2v) is 5.96. The monoisotopic (exact) mass is 374 g/mol. The molecule has 0 unspecified atom stereocenters. The highest BCUT2D eigenvalue weighted by Crippen LogP contribution is 2.27. The number of nitrogens with zero attached hydrogens (tertiary/aromatic N) is 3. The van der Waals surface area contributed by atoms with Crippen molar-refractivity contribution in [1.82, 2.24) is 0 Å². The van der Waals surface area contributed by atoms with Gasteiger partial charge < -0.3 is 9.47 Å². The van der Waals surface area contributed by atoms with Gasteiger partial charge in [0.15, 0.2) is 0 Å². The predicted molar refractivity (Wildman–Crippen MR) is 105 cm³/mol. The number of rotatable bonds is 6. The van der Waals surface area contributed by atoms with Gasteiger partial charge in [0.2, 0.25) is 5.70 Å². The zero-order chi connectivity index (χ0) is 19.8. The van der Waals surface area contributed by atoms with Crippen LogP contribution in [0.5, 0.6) is 0 Å². The minimum Gasteiger partial charge on any atom is -0.444 e. The molecule has 0 spiro atoms. The molecular weight excluding hydrogens is 356 g/mol. The maximum atomic E-state index is 12.0. The van der Waals surface area contributed by atoms with E-state index in [-0.39, 0.29) is 19.9 Å². The summed E-state index contributed by atoms with van der Waals surface area (Å²) in [6.45, 7) is 15.3. The normalized spacial score (nSPS) is 12.8. The van der Waals surface area contributed by atoms with Gasteiger partial charge in [-0.2, -0.15) is 0 Å². The Morgan fingerprint density at radius 3 is 2.54 bits per heavy atom. The van der Waals surface area contributed by atoms with Crippen molar-refractivity contribution >= 4 is 17.5 Å². The molecule has 7 heteroatoms. The summed E-state index contributed by atoms with van der Waals surface area (Å²) < 4.78 is 10.5. The van der Waals surface area contributed by atoms with Crippen molar-refractivity contribution in [2.24, 2.45) is 0 Å². The number of hydrogen-bond acceptors (Lipinski definition) is 4. The van der Waals surface area contributed by atoms with Crippen molar-refractivity contribution < 1.29 is 14.3 Å². The van der Waals surface area contributed by atoms with Crippen LogP contribution in [0.3, 0.4) is 0 Å². The van der Waals surface area contributed by atoms with E-state index in [4.69, 9.17) is 22.6 Å². The molecule has 2 aromatic carbocycles. The molecule has 2 aromatic rings. The van der Waals surface area contributed by atoms with Gasteiger partial charge in [0.25, 0.3) is 6.67 Å². The van der Waals surface area contributed by atoms with E-state index in [1.807, 2.05) is 30.3 Å². The Labute approximate surface area is 163 Å². The Morgan fingerprint density at radius 1 is 1.11 bits per heavy atom. The van der Waals surface area contributed by atoms with E-state index in [9.17, 15) is 4.79 Å². The number of benzene rings is 2. The van der Waals surface area contributed by atoms with E-state index in [0.717, 1.165) is 11.3 Å². The van der Waals surface area contributed by atoms with Crippen molar-refractivity contribution in [3.8, 4) is 0 Å². The van der Waals surface area contributed by atoms with Crippen LogP contribution in [0, 0.1) is 13.1 Å². The highest BCUT2D eigenvalue weighted by atomic mass is 16.5. The van der Waals surface area contributed by atoms with Crippen molar-refractivity contribution in [2.45, 2.75) is 6.61 Å². The van der Waals surface area contributed by atoms with Gasteiger partial charge in [-0.3, -0.25) is 15.1 Å². The van der Waals surface area contributed by atoms with Gasteiger partial charge in [-0.25, -0.2) is 16.2 Å². The van der Waals surface area contributed by atoms with E-state index >= 15 is 0 Å². The Morgan fingerprint density at radius 2 is 1.86 bits per heavy atom. The average Bonchev–Trinajstić information content (AvgIpc) is 3.20. The fourth-order valence-electron chi connectivity index (χ4n) is 2.74. The van der Waals surface area contributed by atoms with Crippen molar-refractivity contribution in [3.05, 3.63) is 94.4 Å². The number of carbonyl (C=O) groups excluding carboxylic acids is 1. The van der Waals surface area contributed by atoms with E-state index in [0.29, 0.717) is 23.7 Å².